The second kappa shape index (κ2) is 13.2. The lowest BCUT2D eigenvalue weighted by atomic mass is 9.93. The van der Waals surface area contributed by atoms with Gasteiger partial charge in [-0.25, -0.2) is 15.0 Å². The molecule has 7 aromatic carbocycles. The molecule has 5 heteroatoms. The van der Waals surface area contributed by atoms with E-state index in [1.54, 1.807) is 0 Å². The quantitative estimate of drug-likeness (QED) is 0.171. The number of hydrogen-bond donors (Lipinski definition) is 0. The van der Waals surface area contributed by atoms with E-state index >= 15 is 0 Å². The van der Waals surface area contributed by atoms with Crippen LogP contribution in [0.1, 0.15) is 18.4 Å². The molecule has 3 aromatic heterocycles. The molecule has 1 aliphatic rings. The third kappa shape index (κ3) is 5.60. The third-order valence-corrected chi connectivity index (χ3v) is 10.8. The first-order chi connectivity index (χ1) is 27.7. The first-order valence-corrected chi connectivity index (χ1v) is 19.0. The monoisotopic (exact) mass is 719 g/mol. The zero-order chi connectivity index (χ0) is 37.0. The van der Waals surface area contributed by atoms with Gasteiger partial charge < -0.3 is 8.83 Å². The van der Waals surface area contributed by atoms with E-state index in [9.17, 15) is 0 Å². The third-order valence-electron chi connectivity index (χ3n) is 10.8. The van der Waals surface area contributed by atoms with Gasteiger partial charge in [0.05, 0.1) is 0 Å². The molecule has 5 nitrogen and oxygen atoms in total. The van der Waals surface area contributed by atoms with Crippen LogP contribution in [0.25, 0.3) is 101 Å². The van der Waals surface area contributed by atoms with Gasteiger partial charge in [-0.15, -0.1) is 0 Å². The van der Waals surface area contributed by atoms with Gasteiger partial charge in [0.2, 0.25) is 0 Å². The molecule has 0 aliphatic heterocycles. The van der Waals surface area contributed by atoms with E-state index in [1.165, 1.54) is 33.0 Å². The van der Waals surface area contributed by atoms with Gasteiger partial charge in [0, 0.05) is 38.1 Å². The molecule has 0 saturated heterocycles. The summed E-state index contributed by atoms with van der Waals surface area (Å²) in [6, 6.07) is 58.8. The van der Waals surface area contributed by atoms with E-state index in [4.69, 9.17) is 23.8 Å². The average molecular weight is 720 g/mol. The fraction of sp³-hybridized carbons (Fsp3) is 0.0392. The molecule has 0 N–H and O–H groups in total. The first kappa shape index (κ1) is 32.1. The molecule has 0 atom stereocenters. The number of para-hydroxylation sites is 1. The zero-order valence-electron chi connectivity index (χ0n) is 30.3. The Bertz CT molecular complexity index is 3240. The molecule has 11 rings (SSSR count). The van der Waals surface area contributed by atoms with E-state index in [2.05, 4.69) is 115 Å². The van der Waals surface area contributed by atoms with Crippen molar-refractivity contribution in [2.24, 2.45) is 0 Å². The van der Waals surface area contributed by atoms with Crippen molar-refractivity contribution < 1.29 is 8.83 Å². The van der Waals surface area contributed by atoms with Gasteiger partial charge in [-0.1, -0.05) is 127 Å². The Kier molecular flexibility index (Phi) is 7.56. The van der Waals surface area contributed by atoms with Crippen LogP contribution in [-0.2, 0) is 0 Å². The highest BCUT2D eigenvalue weighted by Gasteiger charge is 2.18. The minimum Gasteiger partial charge on any atom is -0.456 e. The van der Waals surface area contributed by atoms with Crippen LogP contribution in [0.4, 0.5) is 0 Å². The largest absolute Gasteiger partial charge is 0.456 e. The molecule has 0 unspecified atom stereocenters. The molecule has 56 heavy (non-hydrogen) atoms. The lowest BCUT2D eigenvalue weighted by molar-refractivity contribution is 0.571. The number of furan rings is 2. The highest BCUT2D eigenvalue weighted by molar-refractivity contribution is 6.06. The van der Waals surface area contributed by atoms with Gasteiger partial charge >= 0.3 is 0 Å². The van der Waals surface area contributed by atoms with Crippen molar-refractivity contribution in [3.05, 3.63) is 186 Å². The second-order valence-electron chi connectivity index (χ2n) is 14.3. The molecule has 0 bridgehead atoms. The number of nitrogens with zero attached hydrogens (tertiary/aromatic N) is 3. The Morgan fingerprint density at radius 1 is 0.357 bits per heavy atom. The topological polar surface area (TPSA) is 65.0 Å². The molecule has 0 fully saturated rings. The van der Waals surface area contributed by atoms with Gasteiger partial charge in [-0.05, 0) is 94.8 Å². The minimum absolute atomic E-state index is 0.613. The average Bonchev–Trinajstić information content (AvgIpc) is 3.85. The van der Waals surface area contributed by atoms with Gasteiger partial charge in [0.1, 0.15) is 22.2 Å². The maximum atomic E-state index is 6.47. The van der Waals surface area contributed by atoms with Gasteiger partial charge in [-0.3, -0.25) is 0 Å². The van der Waals surface area contributed by atoms with Crippen molar-refractivity contribution in [1.29, 1.82) is 0 Å². The summed E-state index contributed by atoms with van der Waals surface area (Å²) < 4.78 is 12.6. The standard InChI is InChI=1S/C51H33N3O2/c1-3-11-32(12-4-1)36-15-9-16-37(29-36)38-25-27-46-43(30-38)48-40(18-10-20-47(48)56-46)33-21-23-35(24-22-33)50-52-49(34-13-5-2-6-14-34)53-51(54-50)39-26-28-45-42(31-39)41-17-7-8-19-44(41)55-45/h1-9,11-17,19-31H,10,18H2. The maximum Gasteiger partial charge on any atom is 0.164 e. The van der Waals surface area contributed by atoms with E-state index in [0.717, 1.165) is 73.4 Å². The lowest BCUT2D eigenvalue weighted by Crippen LogP contribution is -2.26. The van der Waals surface area contributed by atoms with Gasteiger partial charge in [-0.2, -0.15) is 0 Å². The Labute approximate surface area is 322 Å². The molecule has 264 valence electrons. The molecule has 10 aromatic rings. The second-order valence-corrected chi connectivity index (χ2v) is 14.3. The summed E-state index contributed by atoms with van der Waals surface area (Å²) in [5.41, 5.74) is 13.5. The van der Waals surface area contributed by atoms with Crippen LogP contribution in [0, 0.1) is 0 Å². The minimum atomic E-state index is 0.613. The van der Waals surface area contributed by atoms with Crippen LogP contribution in [-0.4, -0.2) is 15.0 Å². The number of benzene rings is 7. The maximum absolute atomic E-state index is 6.47. The van der Waals surface area contributed by atoms with Crippen molar-refractivity contribution in [2.45, 2.75) is 12.8 Å². The molecular weight excluding hydrogens is 687 g/mol. The molecule has 0 amide bonds. The normalized spacial score (nSPS) is 12.6. The Morgan fingerprint density at radius 2 is 0.875 bits per heavy atom. The summed E-state index contributed by atoms with van der Waals surface area (Å²) in [7, 11) is 0. The van der Waals surface area contributed by atoms with Gasteiger partial charge in [0.25, 0.3) is 0 Å². The van der Waals surface area contributed by atoms with Crippen LogP contribution in [0.2, 0.25) is 0 Å². The highest BCUT2D eigenvalue weighted by Crippen LogP contribution is 2.34. The first-order valence-electron chi connectivity index (χ1n) is 19.0. The predicted octanol–water partition coefficient (Wildman–Crippen LogP) is 11.6. The number of rotatable bonds is 6. The van der Waals surface area contributed by atoms with Crippen molar-refractivity contribution >= 4 is 44.6 Å². The fourth-order valence-corrected chi connectivity index (χ4v) is 8.06. The molecule has 0 radical (unpaired) electrons. The SMILES string of the molecule is C1=c2oc3ccc(-c4cccc(-c5ccccc5)c4)cc3c2=C(c2ccc(-c3nc(-c4ccccc4)nc(-c4ccc5oc6ccccc6c5c4)n3)cc2)CC1. The molecule has 0 spiro atoms. The summed E-state index contributed by atoms with van der Waals surface area (Å²) in [4.78, 5) is 15.1. The van der Waals surface area contributed by atoms with Crippen molar-refractivity contribution in [3.63, 3.8) is 0 Å². The summed E-state index contributed by atoms with van der Waals surface area (Å²) in [5, 5.41) is 4.41. The van der Waals surface area contributed by atoms with Crippen molar-refractivity contribution in [2.75, 3.05) is 0 Å². The Hall–Kier alpha value is -7.37. The van der Waals surface area contributed by atoms with Crippen LogP contribution >= 0.6 is 0 Å². The van der Waals surface area contributed by atoms with Crippen LogP contribution in [0.15, 0.2) is 179 Å². The van der Waals surface area contributed by atoms with Crippen LogP contribution in [0.3, 0.4) is 0 Å². The van der Waals surface area contributed by atoms with E-state index in [-0.39, 0.29) is 0 Å². The smallest absolute Gasteiger partial charge is 0.164 e. The van der Waals surface area contributed by atoms with Crippen molar-refractivity contribution in [1.82, 2.24) is 15.0 Å². The van der Waals surface area contributed by atoms with Crippen LogP contribution < -0.4 is 10.6 Å². The molecule has 1 aliphatic carbocycles. The van der Waals surface area contributed by atoms with E-state index < -0.39 is 0 Å². The summed E-state index contributed by atoms with van der Waals surface area (Å²) in [6.07, 6.45) is 4.07. The van der Waals surface area contributed by atoms with E-state index in [0.29, 0.717) is 17.5 Å². The lowest BCUT2D eigenvalue weighted by Gasteiger charge is -2.12. The molecule has 3 heterocycles. The van der Waals surface area contributed by atoms with Gasteiger partial charge in [0.15, 0.2) is 17.5 Å². The summed E-state index contributed by atoms with van der Waals surface area (Å²) >= 11 is 0. The zero-order valence-corrected chi connectivity index (χ0v) is 30.3. The van der Waals surface area contributed by atoms with Crippen LogP contribution in [0.5, 0.6) is 0 Å². The molecule has 0 saturated carbocycles. The Morgan fingerprint density at radius 3 is 1.64 bits per heavy atom. The Balaban J connectivity index is 1.00. The number of hydrogen-bond acceptors (Lipinski definition) is 5. The number of fused-ring (bicyclic) bond motifs is 6. The fourth-order valence-electron chi connectivity index (χ4n) is 8.06. The predicted molar refractivity (Wildman–Crippen MR) is 226 cm³/mol. The number of aromatic nitrogens is 3. The summed E-state index contributed by atoms with van der Waals surface area (Å²) in [5.74, 6) is 1.86. The summed E-state index contributed by atoms with van der Waals surface area (Å²) in [6.45, 7) is 0. The van der Waals surface area contributed by atoms with E-state index in [1.807, 2.05) is 60.7 Å². The van der Waals surface area contributed by atoms with Crippen molar-refractivity contribution in [3.8, 4) is 56.4 Å². The molecular formula is C51H33N3O2. The highest BCUT2D eigenvalue weighted by atomic mass is 16.3.